The zero-order valence-electron chi connectivity index (χ0n) is 8.77. The Morgan fingerprint density at radius 3 is 3.20 bits per heavy atom. The van der Waals surface area contributed by atoms with E-state index in [0.717, 1.165) is 23.3 Å². The van der Waals surface area contributed by atoms with Gasteiger partial charge in [0.05, 0.1) is 0 Å². The molecular weight excluding hydrogens is 226 g/mol. The molecule has 0 saturated carbocycles. The van der Waals surface area contributed by atoms with Crippen LogP contribution in [0.3, 0.4) is 0 Å². The van der Waals surface area contributed by atoms with Gasteiger partial charge in [-0.3, -0.25) is 0 Å². The normalized spacial score (nSPS) is 21.5. The van der Waals surface area contributed by atoms with Crippen LogP contribution in [0, 0.1) is 0 Å². The molecule has 2 heterocycles. The number of piperidine rings is 1. The molecule has 0 bridgehead atoms. The summed E-state index contributed by atoms with van der Waals surface area (Å²) in [5.74, 6) is 0. The first-order valence-electron chi connectivity index (χ1n) is 5.13. The molecule has 1 aromatic heterocycles. The van der Waals surface area contributed by atoms with Crippen molar-refractivity contribution in [3.8, 4) is 0 Å². The fourth-order valence-electron chi connectivity index (χ4n) is 1.58. The van der Waals surface area contributed by atoms with E-state index in [0.29, 0.717) is 5.25 Å². The average Bonchev–Trinajstić information content (AvgIpc) is 2.31. The summed E-state index contributed by atoms with van der Waals surface area (Å²) in [4.78, 5) is 8.65. The molecule has 1 N–H and O–H groups in total. The average molecular weight is 241 g/mol. The van der Waals surface area contributed by atoms with Gasteiger partial charge in [0.1, 0.15) is 5.03 Å². The second kappa shape index (κ2) is 5.72. The van der Waals surface area contributed by atoms with Gasteiger partial charge >= 0.3 is 0 Å². The predicted octanol–water partition coefficient (Wildman–Crippen LogP) is 2.04. The van der Waals surface area contributed by atoms with Crippen molar-refractivity contribution in [2.24, 2.45) is 0 Å². The largest absolute Gasteiger partial charge is 0.316 e. The Kier molecular flexibility index (Phi) is 4.29. The Balaban J connectivity index is 1.96. The van der Waals surface area contributed by atoms with E-state index in [1.165, 1.54) is 12.8 Å². The summed E-state index contributed by atoms with van der Waals surface area (Å²) in [7, 11) is 0. The Bertz CT molecular complexity index is 313. The smallest absolute Gasteiger partial charge is 0.188 e. The monoisotopic (exact) mass is 241 g/mol. The summed E-state index contributed by atoms with van der Waals surface area (Å²) < 4.78 is 0. The number of nitrogens with zero attached hydrogens (tertiary/aromatic N) is 2. The van der Waals surface area contributed by atoms with Crippen LogP contribution in [0.25, 0.3) is 0 Å². The van der Waals surface area contributed by atoms with Crippen molar-refractivity contribution in [3.63, 3.8) is 0 Å². The third kappa shape index (κ3) is 3.36. The number of hydrogen-bond donors (Lipinski definition) is 1. The van der Waals surface area contributed by atoms with Crippen molar-refractivity contribution in [1.29, 1.82) is 0 Å². The van der Waals surface area contributed by atoms with E-state index in [4.69, 9.17) is 0 Å². The van der Waals surface area contributed by atoms with Gasteiger partial charge in [0, 0.05) is 18.0 Å². The van der Waals surface area contributed by atoms with Crippen LogP contribution in [0.1, 0.15) is 12.8 Å². The van der Waals surface area contributed by atoms with Gasteiger partial charge in [-0.25, -0.2) is 9.97 Å². The van der Waals surface area contributed by atoms with Gasteiger partial charge in [0.15, 0.2) is 5.16 Å². The van der Waals surface area contributed by atoms with Gasteiger partial charge in [-0.2, -0.15) is 0 Å². The minimum absolute atomic E-state index is 0.670. The first-order valence-corrected chi connectivity index (χ1v) is 7.23. The second-order valence-corrected chi connectivity index (χ2v) is 5.56. The summed E-state index contributed by atoms with van der Waals surface area (Å²) in [5.41, 5.74) is 0. The first-order chi connectivity index (χ1) is 7.38. The highest BCUT2D eigenvalue weighted by atomic mass is 32.2. The molecule has 0 unspecified atom stereocenters. The number of nitrogens with one attached hydrogen (secondary N) is 1. The standard InChI is InChI=1S/C10H15N3S2/c1-14-10-12-6-4-9(13-10)15-8-3-2-5-11-7-8/h4,6,8,11H,2-3,5,7H2,1H3/t8-/m0/s1. The molecule has 5 heteroatoms. The number of rotatable bonds is 3. The number of hydrogen-bond acceptors (Lipinski definition) is 5. The van der Waals surface area contributed by atoms with Gasteiger partial charge in [0.2, 0.25) is 0 Å². The zero-order chi connectivity index (χ0) is 10.5. The van der Waals surface area contributed by atoms with Crippen molar-refractivity contribution in [2.75, 3.05) is 19.3 Å². The molecule has 0 aromatic carbocycles. The van der Waals surface area contributed by atoms with Crippen LogP contribution in [0.5, 0.6) is 0 Å². The maximum Gasteiger partial charge on any atom is 0.188 e. The summed E-state index contributed by atoms with van der Waals surface area (Å²) in [6.45, 7) is 2.26. The third-order valence-electron chi connectivity index (χ3n) is 2.33. The number of aromatic nitrogens is 2. The molecule has 1 fully saturated rings. The minimum Gasteiger partial charge on any atom is -0.316 e. The summed E-state index contributed by atoms with van der Waals surface area (Å²) >= 11 is 3.46. The summed E-state index contributed by atoms with van der Waals surface area (Å²) in [6.07, 6.45) is 6.41. The molecule has 15 heavy (non-hydrogen) atoms. The molecule has 3 nitrogen and oxygen atoms in total. The molecule has 1 atom stereocenters. The Morgan fingerprint density at radius 2 is 2.47 bits per heavy atom. The van der Waals surface area contributed by atoms with Gasteiger partial charge in [-0.05, 0) is 31.7 Å². The van der Waals surface area contributed by atoms with Crippen LogP contribution in [0.4, 0.5) is 0 Å². The van der Waals surface area contributed by atoms with E-state index in [9.17, 15) is 0 Å². The van der Waals surface area contributed by atoms with Crippen LogP contribution in [-0.2, 0) is 0 Å². The number of thioether (sulfide) groups is 2. The van der Waals surface area contributed by atoms with E-state index in [1.807, 2.05) is 30.3 Å². The van der Waals surface area contributed by atoms with Gasteiger partial charge in [-0.15, -0.1) is 11.8 Å². The van der Waals surface area contributed by atoms with E-state index < -0.39 is 0 Å². The molecule has 1 saturated heterocycles. The van der Waals surface area contributed by atoms with Gasteiger partial charge < -0.3 is 5.32 Å². The molecule has 1 aliphatic rings. The van der Waals surface area contributed by atoms with Crippen LogP contribution in [0.15, 0.2) is 22.4 Å². The second-order valence-electron chi connectivity index (χ2n) is 3.47. The molecule has 1 aromatic rings. The Labute approximate surface area is 98.9 Å². The summed E-state index contributed by atoms with van der Waals surface area (Å²) in [6, 6.07) is 2.00. The highest BCUT2D eigenvalue weighted by molar-refractivity contribution is 8.00. The third-order valence-corrected chi connectivity index (χ3v) is 4.10. The van der Waals surface area contributed by atoms with Crippen LogP contribution in [-0.4, -0.2) is 34.6 Å². The lowest BCUT2D eigenvalue weighted by atomic mass is 10.2. The molecule has 0 amide bonds. The van der Waals surface area contributed by atoms with Crippen molar-refractivity contribution in [3.05, 3.63) is 12.3 Å². The Hall–Kier alpha value is -0.260. The lowest BCUT2D eigenvalue weighted by Crippen LogP contribution is -2.31. The fraction of sp³-hybridized carbons (Fsp3) is 0.600. The van der Waals surface area contributed by atoms with Crippen LogP contribution in [0.2, 0.25) is 0 Å². The Morgan fingerprint density at radius 1 is 1.53 bits per heavy atom. The highest BCUT2D eigenvalue weighted by Gasteiger charge is 2.14. The molecule has 2 rings (SSSR count). The lowest BCUT2D eigenvalue weighted by molar-refractivity contribution is 0.531. The van der Waals surface area contributed by atoms with Crippen molar-refractivity contribution in [1.82, 2.24) is 15.3 Å². The SMILES string of the molecule is CSc1nccc(S[C@H]2CCCNC2)n1. The lowest BCUT2D eigenvalue weighted by Gasteiger charge is -2.21. The van der Waals surface area contributed by atoms with E-state index >= 15 is 0 Å². The van der Waals surface area contributed by atoms with Crippen LogP contribution < -0.4 is 5.32 Å². The molecule has 0 spiro atoms. The quantitative estimate of drug-likeness (QED) is 0.498. The first kappa shape index (κ1) is 11.2. The van der Waals surface area contributed by atoms with Crippen molar-refractivity contribution >= 4 is 23.5 Å². The molecule has 82 valence electrons. The molecule has 0 radical (unpaired) electrons. The minimum atomic E-state index is 0.670. The van der Waals surface area contributed by atoms with Gasteiger partial charge in [-0.1, -0.05) is 11.8 Å². The zero-order valence-corrected chi connectivity index (χ0v) is 10.4. The maximum atomic E-state index is 4.47. The van der Waals surface area contributed by atoms with E-state index in [1.54, 1.807) is 11.8 Å². The summed E-state index contributed by atoms with van der Waals surface area (Å²) in [5, 5.41) is 6.05. The van der Waals surface area contributed by atoms with Crippen molar-refractivity contribution < 1.29 is 0 Å². The molecule has 0 aliphatic carbocycles. The topological polar surface area (TPSA) is 37.8 Å². The predicted molar refractivity (Wildman–Crippen MR) is 65.6 cm³/mol. The van der Waals surface area contributed by atoms with Gasteiger partial charge in [0.25, 0.3) is 0 Å². The maximum absolute atomic E-state index is 4.47. The highest BCUT2D eigenvalue weighted by Crippen LogP contribution is 2.26. The molecule has 1 aliphatic heterocycles. The van der Waals surface area contributed by atoms with E-state index in [2.05, 4.69) is 15.3 Å². The van der Waals surface area contributed by atoms with E-state index in [-0.39, 0.29) is 0 Å². The fourth-order valence-corrected chi connectivity index (χ4v) is 3.10. The molecular formula is C10H15N3S2. The van der Waals surface area contributed by atoms with Crippen molar-refractivity contribution in [2.45, 2.75) is 28.3 Å². The van der Waals surface area contributed by atoms with Crippen LogP contribution >= 0.6 is 23.5 Å².